The highest BCUT2D eigenvalue weighted by molar-refractivity contribution is 6.34. The van der Waals surface area contributed by atoms with Crippen LogP contribution in [0.15, 0.2) is 51.7 Å². The summed E-state index contributed by atoms with van der Waals surface area (Å²) in [6.07, 6.45) is -0.0882. The number of esters is 1. The summed E-state index contributed by atoms with van der Waals surface area (Å²) < 4.78 is 21.3. The maximum Gasteiger partial charge on any atom is 0.332 e. The molecule has 2 aromatic carbocycles. The number of para-hydroxylation sites is 1. The smallest absolute Gasteiger partial charge is 0.332 e. The van der Waals surface area contributed by atoms with Gasteiger partial charge in [-0.1, -0.05) is 35.3 Å². The van der Waals surface area contributed by atoms with Gasteiger partial charge in [-0.05, 0) is 31.2 Å². The summed E-state index contributed by atoms with van der Waals surface area (Å²) in [4.78, 5) is 36.5. The van der Waals surface area contributed by atoms with E-state index in [4.69, 9.17) is 41.8 Å². The normalized spacial score (nSPS) is 10.8. The highest BCUT2D eigenvalue weighted by atomic mass is 35.5. The Morgan fingerprint density at radius 2 is 1.88 bits per heavy atom. The molecule has 0 saturated carbocycles. The Kier molecular flexibility index (Phi) is 8.27. The molecule has 0 unspecified atom stereocenters. The molecule has 3 rings (SSSR count). The molecule has 1 aromatic heterocycles. The number of fused-ring (bicyclic) bond motifs is 1. The van der Waals surface area contributed by atoms with E-state index in [-0.39, 0.29) is 54.6 Å². The second kappa shape index (κ2) is 11.1. The van der Waals surface area contributed by atoms with Crippen molar-refractivity contribution in [3.63, 3.8) is 0 Å². The van der Waals surface area contributed by atoms with Gasteiger partial charge < -0.3 is 18.6 Å². The largest absolute Gasteiger partial charge is 0.491 e. The number of Topliss-reactive ketones (excluding diaryl/α,β-unsaturated/α-hetero) is 1. The first-order chi connectivity index (χ1) is 15.4. The third-order valence-electron chi connectivity index (χ3n) is 4.37. The molecule has 3 aromatic rings. The van der Waals surface area contributed by atoms with E-state index in [0.29, 0.717) is 21.7 Å². The molecule has 0 N–H and O–H groups in total. The molecule has 0 radical (unpaired) electrons. The molecule has 32 heavy (non-hydrogen) atoms. The molecular formula is C23H20Cl2O7. The zero-order valence-corrected chi connectivity index (χ0v) is 18.7. The number of benzene rings is 2. The lowest BCUT2D eigenvalue weighted by molar-refractivity contribution is -0.148. The Bertz CT molecular complexity index is 1190. The standard InChI is InChI=1S/C23H20Cl2O7/c1-2-30-22(28)13-29-8-9-31-20-11-15(24)7-6-14(20)10-19(27)21-12-18(26)16-4-3-5-17(25)23(16)32-21/h3-7,11-12H,2,8-10,13H2,1H3. The molecule has 0 aliphatic heterocycles. The van der Waals surface area contributed by atoms with Crippen molar-refractivity contribution in [2.45, 2.75) is 13.3 Å². The van der Waals surface area contributed by atoms with Crippen LogP contribution in [-0.2, 0) is 20.7 Å². The maximum absolute atomic E-state index is 12.8. The van der Waals surface area contributed by atoms with Crippen molar-refractivity contribution in [2.75, 3.05) is 26.4 Å². The van der Waals surface area contributed by atoms with Crippen LogP contribution < -0.4 is 10.2 Å². The molecule has 0 aliphatic rings. The van der Waals surface area contributed by atoms with Gasteiger partial charge in [0.15, 0.2) is 16.8 Å². The van der Waals surface area contributed by atoms with Crippen LogP contribution in [0.5, 0.6) is 5.75 Å². The molecule has 0 fully saturated rings. The van der Waals surface area contributed by atoms with Gasteiger partial charge in [0.05, 0.1) is 23.6 Å². The van der Waals surface area contributed by atoms with E-state index in [1.807, 2.05) is 0 Å². The number of ether oxygens (including phenoxy) is 3. The highest BCUT2D eigenvalue weighted by Crippen LogP contribution is 2.26. The Morgan fingerprint density at radius 1 is 1.06 bits per heavy atom. The maximum atomic E-state index is 12.8. The minimum absolute atomic E-state index is 0.0882. The third-order valence-corrected chi connectivity index (χ3v) is 4.90. The predicted molar refractivity (Wildman–Crippen MR) is 120 cm³/mol. The van der Waals surface area contributed by atoms with Gasteiger partial charge >= 0.3 is 5.97 Å². The van der Waals surface area contributed by atoms with E-state index in [9.17, 15) is 14.4 Å². The fraction of sp³-hybridized carbons (Fsp3) is 0.261. The number of hydrogen-bond donors (Lipinski definition) is 0. The predicted octanol–water partition coefficient (Wildman–Crippen LogP) is 4.48. The molecule has 1 heterocycles. The lowest BCUT2D eigenvalue weighted by atomic mass is 10.1. The van der Waals surface area contributed by atoms with Gasteiger partial charge in [0, 0.05) is 23.1 Å². The van der Waals surface area contributed by atoms with Crippen molar-refractivity contribution in [1.29, 1.82) is 0 Å². The molecule has 7 nitrogen and oxygen atoms in total. The zero-order valence-electron chi connectivity index (χ0n) is 17.2. The number of carbonyl (C=O) groups is 2. The lowest BCUT2D eigenvalue weighted by Crippen LogP contribution is -2.16. The topological polar surface area (TPSA) is 92.0 Å². The summed E-state index contributed by atoms with van der Waals surface area (Å²) in [6.45, 7) is 2.07. The van der Waals surface area contributed by atoms with Crippen molar-refractivity contribution < 1.29 is 28.2 Å². The van der Waals surface area contributed by atoms with E-state index in [1.165, 1.54) is 0 Å². The Morgan fingerprint density at radius 3 is 2.66 bits per heavy atom. The summed E-state index contributed by atoms with van der Waals surface area (Å²) in [5, 5.41) is 0.965. The highest BCUT2D eigenvalue weighted by Gasteiger charge is 2.17. The second-order valence-corrected chi connectivity index (χ2v) is 7.49. The Hall–Kier alpha value is -2.87. The van der Waals surface area contributed by atoms with Gasteiger partial charge in [0.2, 0.25) is 5.78 Å². The van der Waals surface area contributed by atoms with Crippen molar-refractivity contribution in [2.24, 2.45) is 0 Å². The average Bonchev–Trinajstić information content (AvgIpc) is 2.76. The van der Waals surface area contributed by atoms with Crippen LogP contribution in [0, 0.1) is 0 Å². The van der Waals surface area contributed by atoms with Crippen LogP contribution in [0.2, 0.25) is 10.0 Å². The number of halogens is 2. The van der Waals surface area contributed by atoms with Gasteiger partial charge in [-0.3, -0.25) is 9.59 Å². The van der Waals surface area contributed by atoms with E-state index in [2.05, 4.69) is 0 Å². The first-order valence-corrected chi connectivity index (χ1v) is 10.5. The fourth-order valence-electron chi connectivity index (χ4n) is 2.92. The minimum atomic E-state index is -0.460. The van der Waals surface area contributed by atoms with Gasteiger partial charge in [-0.25, -0.2) is 4.79 Å². The van der Waals surface area contributed by atoms with Crippen molar-refractivity contribution in [3.8, 4) is 5.75 Å². The van der Waals surface area contributed by atoms with Crippen LogP contribution in [0.4, 0.5) is 0 Å². The number of carbonyl (C=O) groups excluding carboxylic acids is 2. The number of hydrogen-bond acceptors (Lipinski definition) is 7. The van der Waals surface area contributed by atoms with Crippen LogP contribution in [-0.4, -0.2) is 38.2 Å². The molecule has 0 atom stereocenters. The summed E-state index contributed by atoms with van der Waals surface area (Å²) in [7, 11) is 0. The first-order valence-electron chi connectivity index (χ1n) is 9.79. The quantitative estimate of drug-likeness (QED) is 0.241. The molecular weight excluding hydrogens is 459 g/mol. The molecule has 0 saturated heterocycles. The Labute approximate surface area is 193 Å². The van der Waals surface area contributed by atoms with E-state index >= 15 is 0 Å². The van der Waals surface area contributed by atoms with Crippen LogP contribution in [0.3, 0.4) is 0 Å². The SMILES string of the molecule is CCOC(=O)COCCOc1cc(Cl)ccc1CC(=O)c1cc(=O)c2cccc(Cl)c2o1. The number of rotatable bonds is 10. The van der Waals surface area contributed by atoms with Gasteiger partial charge in [0.1, 0.15) is 19.0 Å². The average molecular weight is 479 g/mol. The zero-order chi connectivity index (χ0) is 23.1. The summed E-state index contributed by atoms with van der Waals surface area (Å²) in [5.74, 6) is -0.603. The molecule has 0 aliphatic carbocycles. The van der Waals surface area contributed by atoms with Gasteiger partial charge in [0.25, 0.3) is 0 Å². The van der Waals surface area contributed by atoms with Crippen LogP contribution in [0.1, 0.15) is 23.0 Å². The molecule has 9 heteroatoms. The molecule has 0 spiro atoms. The van der Waals surface area contributed by atoms with Crippen molar-refractivity contribution in [1.82, 2.24) is 0 Å². The molecule has 168 valence electrons. The Balaban J connectivity index is 1.70. The van der Waals surface area contributed by atoms with E-state index in [1.54, 1.807) is 43.3 Å². The minimum Gasteiger partial charge on any atom is -0.491 e. The number of ketones is 1. The lowest BCUT2D eigenvalue weighted by Gasteiger charge is -2.12. The first kappa shape index (κ1) is 23.8. The van der Waals surface area contributed by atoms with Crippen LogP contribution >= 0.6 is 23.2 Å². The third kappa shape index (κ3) is 6.09. The molecule has 0 bridgehead atoms. The second-order valence-electron chi connectivity index (χ2n) is 6.65. The van der Waals surface area contributed by atoms with E-state index < -0.39 is 11.8 Å². The monoisotopic (exact) mass is 478 g/mol. The fourth-order valence-corrected chi connectivity index (χ4v) is 3.29. The summed E-state index contributed by atoms with van der Waals surface area (Å²) >= 11 is 12.2. The van der Waals surface area contributed by atoms with Gasteiger partial charge in [-0.15, -0.1) is 0 Å². The van der Waals surface area contributed by atoms with Gasteiger partial charge in [-0.2, -0.15) is 0 Å². The summed E-state index contributed by atoms with van der Waals surface area (Å²) in [5.41, 5.74) is 0.353. The van der Waals surface area contributed by atoms with Crippen LogP contribution in [0.25, 0.3) is 11.0 Å². The van der Waals surface area contributed by atoms with Crippen molar-refractivity contribution in [3.05, 3.63) is 74.1 Å². The van der Waals surface area contributed by atoms with Crippen molar-refractivity contribution >= 4 is 45.9 Å². The van der Waals surface area contributed by atoms with E-state index in [0.717, 1.165) is 6.07 Å². The molecule has 0 amide bonds. The summed E-state index contributed by atoms with van der Waals surface area (Å²) in [6, 6.07) is 10.8.